The van der Waals surface area contributed by atoms with Gasteiger partial charge in [0.05, 0.1) is 0 Å². The van der Waals surface area contributed by atoms with Crippen molar-refractivity contribution in [2.75, 3.05) is 4.90 Å². The van der Waals surface area contributed by atoms with Gasteiger partial charge in [-0.1, -0.05) is 109 Å². The highest BCUT2D eigenvalue weighted by atomic mass is 16.3. The second kappa shape index (κ2) is 11.9. The van der Waals surface area contributed by atoms with Crippen LogP contribution < -0.4 is 4.90 Å². The van der Waals surface area contributed by atoms with Crippen LogP contribution in [0.1, 0.15) is 0 Å². The van der Waals surface area contributed by atoms with Crippen LogP contribution in [0.15, 0.2) is 191 Å². The van der Waals surface area contributed by atoms with Crippen LogP contribution in [0.4, 0.5) is 17.1 Å². The van der Waals surface area contributed by atoms with E-state index in [1.807, 2.05) is 54.6 Å². The van der Waals surface area contributed by atoms with Crippen molar-refractivity contribution in [1.82, 2.24) is 4.98 Å². The average molecular weight is 655 g/mol. The van der Waals surface area contributed by atoms with Gasteiger partial charge in [-0.05, 0) is 94.2 Å². The van der Waals surface area contributed by atoms with Crippen LogP contribution in [0.25, 0.3) is 77.5 Å². The molecule has 0 unspecified atom stereocenters. The molecule has 2 heterocycles. The van der Waals surface area contributed by atoms with E-state index in [-0.39, 0.29) is 0 Å². The van der Waals surface area contributed by atoms with E-state index in [0.717, 1.165) is 66.8 Å². The second-order valence-corrected chi connectivity index (χ2v) is 12.8. The van der Waals surface area contributed by atoms with Crippen molar-refractivity contribution < 1.29 is 8.83 Å². The first-order valence-corrected chi connectivity index (χ1v) is 17.1. The Bertz CT molecular complexity index is 2850. The molecular weight excluding hydrogens is 625 g/mol. The number of oxazole rings is 1. The quantitative estimate of drug-likeness (QED) is 0.179. The lowest BCUT2D eigenvalue weighted by Gasteiger charge is -2.26. The first-order chi connectivity index (χ1) is 25.2. The lowest BCUT2D eigenvalue weighted by atomic mass is 10.0. The van der Waals surface area contributed by atoms with Crippen molar-refractivity contribution >= 4 is 60.9 Å². The molecule has 0 bridgehead atoms. The zero-order valence-electron chi connectivity index (χ0n) is 27.5. The highest BCUT2D eigenvalue weighted by Crippen LogP contribution is 2.41. The molecule has 10 rings (SSSR count). The van der Waals surface area contributed by atoms with E-state index in [0.29, 0.717) is 5.89 Å². The highest BCUT2D eigenvalue weighted by Gasteiger charge is 2.18. The average Bonchev–Trinajstić information content (AvgIpc) is 3.81. The molecule has 4 heteroatoms. The summed E-state index contributed by atoms with van der Waals surface area (Å²) in [4.78, 5) is 7.08. The Kier molecular flexibility index (Phi) is 6.78. The van der Waals surface area contributed by atoms with Crippen LogP contribution >= 0.6 is 0 Å². The Labute approximate surface area is 294 Å². The van der Waals surface area contributed by atoms with Crippen LogP contribution in [0.2, 0.25) is 0 Å². The second-order valence-electron chi connectivity index (χ2n) is 12.8. The van der Waals surface area contributed by atoms with Crippen molar-refractivity contribution in [3.8, 4) is 33.7 Å². The smallest absolute Gasteiger partial charge is 0.227 e. The number of nitrogens with zero attached hydrogens (tertiary/aromatic N) is 2. The van der Waals surface area contributed by atoms with Crippen molar-refractivity contribution in [2.24, 2.45) is 0 Å². The molecule has 0 spiro atoms. The van der Waals surface area contributed by atoms with Crippen LogP contribution in [0.3, 0.4) is 0 Å². The monoisotopic (exact) mass is 654 g/mol. The highest BCUT2D eigenvalue weighted by molar-refractivity contribution is 6.06. The standard InChI is InChI=1S/C47H30N2O2/c1-2-10-34(11-3-1)47-48-43-15-8-14-40(46(43)51-47)33-21-25-38(26-22-33)49(39-27-28-42-41-13-6-7-16-44(41)50-45(42)30-39)37-23-19-32(20-24-37)36-18-17-31-9-4-5-12-35(31)29-36/h1-30H. The molecule has 4 nitrogen and oxygen atoms in total. The number of furan rings is 1. The fraction of sp³-hybridized carbons (Fsp3) is 0. The molecule has 0 fully saturated rings. The third-order valence-corrected chi connectivity index (χ3v) is 9.70. The third-order valence-electron chi connectivity index (χ3n) is 9.70. The number of hydrogen-bond donors (Lipinski definition) is 0. The van der Waals surface area contributed by atoms with Crippen molar-refractivity contribution in [3.05, 3.63) is 182 Å². The van der Waals surface area contributed by atoms with E-state index in [1.165, 1.54) is 21.9 Å². The summed E-state index contributed by atoms with van der Waals surface area (Å²) in [5.41, 5.74) is 11.8. The molecule has 0 amide bonds. The number of fused-ring (bicyclic) bond motifs is 5. The van der Waals surface area contributed by atoms with Crippen LogP contribution in [0.5, 0.6) is 0 Å². The molecule has 2 aromatic heterocycles. The van der Waals surface area contributed by atoms with Gasteiger partial charge in [-0.25, -0.2) is 4.98 Å². The molecule has 0 radical (unpaired) electrons. The number of para-hydroxylation sites is 2. The van der Waals surface area contributed by atoms with E-state index in [4.69, 9.17) is 13.8 Å². The summed E-state index contributed by atoms with van der Waals surface area (Å²) in [5, 5.41) is 4.69. The maximum absolute atomic E-state index is 6.36. The Morgan fingerprint density at radius 1 is 0.392 bits per heavy atom. The zero-order valence-corrected chi connectivity index (χ0v) is 27.5. The number of anilines is 3. The topological polar surface area (TPSA) is 42.4 Å². The molecule has 0 saturated carbocycles. The SMILES string of the molecule is c1ccc(-c2nc3cccc(-c4ccc(N(c5ccc(-c6ccc7ccccc7c6)cc5)c5ccc6c(c5)oc5ccccc56)cc4)c3o2)cc1. The Hall–Kier alpha value is -6.91. The van der Waals surface area contributed by atoms with Crippen molar-refractivity contribution in [3.63, 3.8) is 0 Å². The first-order valence-electron chi connectivity index (χ1n) is 17.1. The minimum absolute atomic E-state index is 0.619. The maximum Gasteiger partial charge on any atom is 0.227 e. The third kappa shape index (κ3) is 5.13. The molecule has 240 valence electrons. The Morgan fingerprint density at radius 3 is 1.88 bits per heavy atom. The normalized spacial score (nSPS) is 11.5. The summed E-state index contributed by atoms with van der Waals surface area (Å²) in [7, 11) is 0. The molecule has 0 aliphatic rings. The molecule has 0 aliphatic carbocycles. The molecule has 8 aromatic carbocycles. The van der Waals surface area contributed by atoms with Gasteiger partial charge >= 0.3 is 0 Å². The minimum atomic E-state index is 0.619. The maximum atomic E-state index is 6.36. The van der Waals surface area contributed by atoms with Crippen LogP contribution in [0, 0.1) is 0 Å². The molecule has 0 atom stereocenters. The molecule has 51 heavy (non-hydrogen) atoms. The van der Waals surface area contributed by atoms with Gasteiger partial charge in [-0.2, -0.15) is 0 Å². The predicted octanol–water partition coefficient (Wildman–Crippen LogP) is 13.4. The fourth-order valence-electron chi connectivity index (χ4n) is 7.14. The van der Waals surface area contributed by atoms with Crippen molar-refractivity contribution in [1.29, 1.82) is 0 Å². The Balaban J connectivity index is 1.06. The lowest BCUT2D eigenvalue weighted by Crippen LogP contribution is -2.09. The van der Waals surface area contributed by atoms with E-state index in [1.54, 1.807) is 0 Å². The summed E-state index contributed by atoms with van der Waals surface area (Å²) in [6, 6.07) is 63.4. The van der Waals surface area contributed by atoms with Gasteiger partial charge < -0.3 is 13.7 Å². The lowest BCUT2D eigenvalue weighted by molar-refractivity contribution is 0.621. The minimum Gasteiger partial charge on any atom is -0.456 e. The summed E-state index contributed by atoms with van der Waals surface area (Å²) < 4.78 is 12.7. The van der Waals surface area contributed by atoms with Gasteiger partial charge in [0.1, 0.15) is 16.7 Å². The number of benzene rings is 8. The number of hydrogen-bond acceptors (Lipinski definition) is 4. The Morgan fingerprint density at radius 2 is 1.06 bits per heavy atom. The van der Waals surface area contributed by atoms with Gasteiger partial charge in [0.2, 0.25) is 5.89 Å². The molecule has 10 aromatic rings. The molecule has 0 aliphatic heterocycles. The molecular formula is C47H30N2O2. The van der Waals surface area contributed by atoms with Gasteiger partial charge in [-0.3, -0.25) is 0 Å². The van der Waals surface area contributed by atoms with Crippen LogP contribution in [-0.2, 0) is 0 Å². The molecule has 0 saturated heterocycles. The predicted molar refractivity (Wildman–Crippen MR) is 210 cm³/mol. The molecule has 0 N–H and O–H groups in total. The van der Waals surface area contributed by atoms with E-state index in [2.05, 4.69) is 132 Å². The van der Waals surface area contributed by atoms with Crippen molar-refractivity contribution in [2.45, 2.75) is 0 Å². The largest absolute Gasteiger partial charge is 0.456 e. The van der Waals surface area contributed by atoms with E-state index in [9.17, 15) is 0 Å². The summed E-state index contributed by atoms with van der Waals surface area (Å²) >= 11 is 0. The van der Waals surface area contributed by atoms with E-state index >= 15 is 0 Å². The van der Waals surface area contributed by atoms with Gasteiger partial charge in [0, 0.05) is 45.0 Å². The first kappa shape index (κ1) is 29.0. The number of rotatable bonds is 6. The number of aromatic nitrogens is 1. The van der Waals surface area contributed by atoms with Crippen LogP contribution in [-0.4, -0.2) is 4.98 Å². The zero-order chi connectivity index (χ0) is 33.7. The fourth-order valence-corrected chi connectivity index (χ4v) is 7.14. The summed E-state index contributed by atoms with van der Waals surface area (Å²) in [5.74, 6) is 0.619. The van der Waals surface area contributed by atoms with Gasteiger partial charge in [0.15, 0.2) is 5.58 Å². The van der Waals surface area contributed by atoms with Gasteiger partial charge in [-0.15, -0.1) is 0 Å². The van der Waals surface area contributed by atoms with Gasteiger partial charge in [0.25, 0.3) is 0 Å². The van der Waals surface area contributed by atoms with E-state index < -0.39 is 0 Å². The summed E-state index contributed by atoms with van der Waals surface area (Å²) in [6.45, 7) is 0. The summed E-state index contributed by atoms with van der Waals surface area (Å²) in [6.07, 6.45) is 0.